The van der Waals surface area contributed by atoms with E-state index in [4.69, 9.17) is 4.74 Å². The van der Waals surface area contributed by atoms with Gasteiger partial charge in [0.15, 0.2) is 0 Å². The van der Waals surface area contributed by atoms with Crippen LogP contribution in [0.4, 0.5) is 5.69 Å². The van der Waals surface area contributed by atoms with Crippen LogP contribution in [0.2, 0.25) is 0 Å². The Bertz CT molecular complexity index is 1060. The van der Waals surface area contributed by atoms with Crippen LogP contribution in [0.3, 0.4) is 0 Å². The molecule has 0 saturated heterocycles. The molecule has 0 aliphatic rings. The Kier molecular flexibility index (Phi) is 6.61. The SMILES string of the molecule is COc1ccc(N(C(=O)CSc2ccc(C)cc2)S(=O)(=O)c2ccccc2)cc1. The van der Waals surface area contributed by atoms with Gasteiger partial charge in [-0.25, -0.2) is 12.7 Å². The largest absolute Gasteiger partial charge is 0.497 e. The summed E-state index contributed by atoms with van der Waals surface area (Å²) >= 11 is 1.30. The number of ether oxygens (including phenoxy) is 1. The maximum absolute atomic E-state index is 13.2. The van der Waals surface area contributed by atoms with Crippen LogP contribution < -0.4 is 9.04 Å². The lowest BCUT2D eigenvalue weighted by Crippen LogP contribution is -2.38. The van der Waals surface area contributed by atoms with E-state index in [1.54, 1.807) is 42.5 Å². The third-order valence-electron chi connectivity index (χ3n) is 4.20. The molecule has 5 nitrogen and oxygen atoms in total. The number of hydrogen-bond acceptors (Lipinski definition) is 5. The summed E-state index contributed by atoms with van der Waals surface area (Å²) in [5, 5.41) is 0. The molecule has 0 heterocycles. The maximum Gasteiger partial charge on any atom is 0.270 e. The summed E-state index contributed by atoms with van der Waals surface area (Å²) < 4.78 is 32.5. The van der Waals surface area contributed by atoms with Crippen LogP contribution in [0, 0.1) is 6.92 Å². The zero-order valence-corrected chi connectivity index (χ0v) is 17.7. The highest BCUT2D eigenvalue weighted by atomic mass is 32.2. The molecule has 29 heavy (non-hydrogen) atoms. The lowest BCUT2D eigenvalue weighted by atomic mass is 10.2. The highest BCUT2D eigenvalue weighted by Gasteiger charge is 2.30. The van der Waals surface area contributed by atoms with Gasteiger partial charge in [0.05, 0.1) is 23.4 Å². The van der Waals surface area contributed by atoms with E-state index in [9.17, 15) is 13.2 Å². The van der Waals surface area contributed by atoms with Crippen molar-refractivity contribution in [2.45, 2.75) is 16.7 Å². The van der Waals surface area contributed by atoms with E-state index in [0.717, 1.165) is 14.8 Å². The van der Waals surface area contributed by atoms with Crippen LogP contribution in [-0.2, 0) is 14.8 Å². The number of methoxy groups -OCH3 is 1. The molecular formula is C22H21NO4S2. The van der Waals surface area contributed by atoms with Crippen LogP contribution in [0.15, 0.2) is 88.7 Å². The lowest BCUT2D eigenvalue weighted by Gasteiger charge is -2.23. The zero-order valence-electron chi connectivity index (χ0n) is 16.1. The van der Waals surface area contributed by atoms with E-state index in [-0.39, 0.29) is 16.3 Å². The molecule has 3 aromatic carbocycles. The third-order valence-corrected chi connectivity index (χ3v) is 6.96. The predicted molar refractivity (Wildman–Crippen MR) is 116 cm³/mol. The summed E-state index contributed by atoms with van der Waals surface area (Å²) in [4.78, 5) is 14.0. The van der Waals surface area contributed by atoms with Crippen molar-refractivity contribution in [2.24, 2.45) is 0 Å². The molecular weight excluding hydrogens is 406 g/mol. The maximum atomic E-state index is 13.2. The molecule has 1 amide bonds. The molecule has 150 valence electrons. The number of hydrogen-bond donors (Lipinski definition) is 0. The first kappa shape index (κ1) is 21.0. The van der Waals surface area contributed by atoms with Crippen molar-refractivity contribution < 1.29 is 17.9 Å². The van der Waals surface area contributed by atoms with Crippen LogP contribution >= 0.6 is 11.8 Å². The van der Waals surface area contributed by atoms with Crippen molar-refractivity contribution in [3.05, 3.63) is 84.4 Å². The number of carbonyl (C=O) groups excluding carboxylic acids is 1. The van der Waals surface area contributed by atoms with E-state index < -0.39 is 15.9 Å². The van der Waals surface area contributed by atoms with E-state index in [1.165, 1.54) is 31.0 Å². The number of nitrogens with zero attached hydrogens (tertiary/aromatic N) is 1. The topological polar surface area (TPSA) is 63.7 Å². The van der Waals surface area contributed by atoms with Crippen LogP contribution in [0.25, 0.3) is 0 Å². The zero-order chi connectivity index (χ0) is 20.9. The molecule has 0 N–H and O–H groups in total. The van der Waals surface area contributed by atoms with Gasteiger partial charge in [0.25, 0.3) is 15.9 Å². The monoisotopic (exact) mass is 427 g/mol. The van der Waals surface area contributed by atoms with E-state index >= 15 is 0 Å². The van der Waals surface area contributed by atoms with Crippen molar-refractivity contribution in [2.75, 3.05) is 17.2 Å². The second-order valence-electron chi connectivity index (χ2n) is 6.28. The van der Waals surface area contributed by atoms with Crippen LogP contribution in [0.5, 0.6) is 5.75 Å². The quantitative estimate of drug-likeness (QED) is 0.519. The summed E-state index contributed by atoms with van der Waals surface area (Å²) in [7, 11) is -2.53. The molecule has 0 fully saturated rings. The molecule has 0 aliphatic carbocycles. The Morgan fingerprint density at radius 3 is 2.14 bits per heavy atom. The lowest BCUT2D eigenvalue weighted by molar-refractivity contribution is -0.115. The first-order valence-corrected chi connectivity index (χ1v) is 11.3. The minimum absolute atomic E-state index is 0.0127. The number of benzene rings is 3. The first-order chi connectivity index (χ1) is 13.9. The van der Waals surface area contributed by atoms with Gasteiger partial charge in [-0.3, -0.25) is 4.79 Å². The van der Waals surface area contributed by atoms with Crippen molar-refractivity contribution in [3.63, 3.8) is 0 Å². The highest BCUT2D eigenvalue weighted by molar-refractivity contribution is 8.00. The smallest absolute Gasteiger partial charge is 0.270 e. The van der Waals surface area contributed by atoms with Gasteiger partial charge in [-0.2, -0.15) is 0 Å². The van der Waals surface area contributed by atoms with Crippen LogP contribution in [0.1, 0.15) is 5.56 Å². The van der Waals surface area contributed by atoms with E-state index in [0.29, 0.717) is 5.75 Å². The molecule has 0 saturated carbocycles. The summed E-state index contributed by atoms with van der Waals surface area (Å²) in [6.07, 6.45) is 0. The average Bonchev–Trinajstić information content (AvgIpc) is 2.74. The average molecular weight is 428 g/mol. The number of anilines is 1. The molecule has 0 aliphatic heterocycles. The van der Waals surface area contributed by atoms with Gasteiger partial charge in [-0.05, 0) is 55.5 Å². The Labute approximate surface area is 175 Å². The number of thioether (sulfide) groups is 1. The molecule has 3 aromatic rings. The minimum Gasteiger partial charge on any atom is -0.497 e. The number of rotatable bonds is 7. The Balaban J connectivity index is 1.93. The summed E-state index contributed by atoms with van der Waals surface area (Å²) in [6, 6.07) is 22.1. The molecule has 0 spiro atoms. The fraction of sp³-hybridized carbons (Fsp3) is 0.136. The fourth-order valence-electron chi connectivity index (χ4n) is 2.67. The van der Waals surface area contributed by atoms with Gasteiger partial charge < -0.3 is 4.74 Å². The second kappa shape index (κ2) is 9.15. The number of sulfonamides is 1. The summed E-state index contributed by atoms with van der Waals surface area (Å²) in [5.74, 6) is 0.0399. The molecule has 0 atom stereocenters. The predicted octanol–water partition coefficient (Wildman–Crippen LogP) is 4.52. The standard InChI is InChI=1S/C22H21NO4S2/c1-17-8-14-20(15-9-17)28-16-22(24)23(18-10-12-19(27-2)13-11-18)29(25,26)21-6-4-3-5-7-21/h3-15H,16H2,1-2H3. The van der Waals surface area contributed by atoms with Crippen molar-refractivity contribution in [1.82, 2.24) is 0 Å². The van der Waals surface area contributed by atoms with Gasteiger partial charge in [-0.1, -0.05) is 35.9 Å². The van der Waals surface area contributed by atoms with Gasteiger partial charge >= 0.3 is 0 Å². The third kappa shape index (κ3) is 4.99. The molecule has 7 heteroatoms. The Hall–Kier alpha value is -2.77. The first-order valence-electron chi connectivity index (χ1n) is 8.88. The van der Waals surface area contributed by atoms with Crippen molar-refractivity contribution in [3.8, 4) is 5.75 Å². The minimum atomic E-state index is -4.05. The fourth-order valence-corrected chi connectivity index (χ4v) is 4.94. The van der Waals surface area contributed by atoms with Crippen molar-refractivity contribution >= 4 is 33.4 Å². The van der Waals surface area contributed by atoms with Gasteiger partial charge in [-0.15, -0.1) is 11.8 Å². The van der Waals surface area contributed by atoms with E-state index in [1.807, 2.05) is 31.2 Å². The van der Waals surface area contributed by atoms with Crippen LogP contribution in [-0.4, -0.2) is 27.2 Å². The van der Waals surface area contributed by atoms with Gasteiger partial charge in [0, 0.05) is 4.90 Å². The summed E-state index contributed by atoms with van der Waals surface area (Å²) in [5.41, 5.74) is 1.39. The number of aryl methyl sites for hydroxylation is 1. The van der Waals surface area contributed by atoms with E-state index in [2.05, 4.69) is 0 Å². The second-order valence-corrected chi connectivity index (χ2v) is 9.11. The molecule has 3 rings (SSSR count). The highest BCUT2D eigenvalue weighted by Crippen LogP contribution is 2.28. The molecule has 0 bridgehead atoms. The normalized spacial score (nSPS) is 11.1. The van der Waals surface area contributed by atoms with Gasteiger partial charge in [0.2, 0.25) is 0 Å². The molecule has 0 unspecified atom stereocenters. The molecule has 0 aromatic heterocycles. The van der Waals surface area contributed by atoms with Gasteiger partial charge in [0.1, 0.15) is 5.75 Å². The Morgan fingerprint density at radius 2 is 1.55 bits per heavy atom. The summed E-state index contributed by atoms with van der Waals surface area (Å²) in [6.45, 7) is 1.98. The molecule has 0 radical (unpaired) electrons. The van der Waals surface area contributed by atoms with Crippen molar-refractivity contribution in [1.29, 1.82) is 0 Å². The number of amides is 1. The Morgan fingerprint density at radius 1 is 0.931 bits per heavy atom. The number of carbonyl (C=O) groups is 1.